The second-order valence-electron chi connectivity index (χ2n) is 8.38. The monoisotopic (exact) mass is 423 g/mol. The lowest BCUT2D eigenvalue weighted by Crippen LogP contribution is -2.34. The molecule has 2 aliphatic heterocycles. The Kier molecular flexibility index (Phi) is 6.16. The van der Waals surface area contributed by atoms with E-state index in [9.17, 15) is 9.18 Å². The summed E-state index contributed by atoms with van der Waals surface area (Å²) in [5.41, 5.74) is 5.41. The van der Waals surface area contributed by atoms with Crippen molar-refractivity contribution in [3.8, 4) is 5.75 Å². The average Bonchev–Trinajstić information content (AvgIpc) is 2.77. The highest BCUT2D eigenvalue weighted by molar-refractivity contribution is 6.00. The molecular weight excluding hydrogens is 393 g/mol. The van der Waals surface area contributed by atoms with E-state index >= 15 is 0 Å². The first-order chi connectivity index (χ1) is 15.0. The number of halogens is 1. The minimum Gasteiger partial charge on any atom is -0.497 e. The summed E-state index contributed by atoms with van der Waals surface area (Å²) in [6.07, 6.45) is 3.59. The molecule has 0 saturated heterocycles. The standard InChI is InChI=1S/C25H30FN3O2/c1-16-12-19-13-20(26)14-22(24(19)28-17(16)2)25(30)27-9-5-11-29-10-4-6-18-7-8-21(31-3)15-23(18)29/h7-8,13-15,17,28H,1,4-6,9-12H2,2-3H3,(H,27,30). The van der Waals surface area contributed by atoms with Crippen molar-refractivity contribution in [2.75, 3.05) is 37.0 Å². The fourth-order valence-electron chi connectivity index (χ4n) is 4.43. The van der Waals surface area contributed by atoms with Crippen LogP contribution in [0, 0.1) is 5.82 Å². The van der Waals surface area contributed by atoms with Crippen molar-refractivity contribution in [1.82, 2.24) is 5.32 Å². The Morgan fingerprint density at radius 2 is 2.16 bits per heavy atom. The number of amides is 1. The number of nitrogens with zero attached hydrogens (tertiary/aromatic N) is 1. The molecule has 6 heteroatoms. The molecule has 0 aliphatic carbocycles. The van der Waals surface area contributed by atoms with Gasteiger partial charge in [-0.15, -0.1) is 0 Å². The number of carbonyl (C=O) groups is 1. The summed E-state index contributed by atoms with van der Waals surface area (Å²) in [4.78, 5) is 15.2. The highest BCUT2D eigenvalue weighted by Crippen LogP contribution is 2.32. The van der Waals surface area contributed by atoms with Crippen LogP contribution in [0.5, 0.6) is 5.75 Å². The van der Waals surface area contributed by atoms with Gasteiger partial charge in [-0.05, 0) is 61.9 Å². The number of nitrogens with one attached hydrogen (secondary N) is 2. The van der Waals surface area contributed by atoms with Gasteiger partial charge in [0.2, 0.25) is 0 Å². The number of carbonyl (C=O) groups excluding carboxylic acids is 1. The van der Waals surface area contributed by atoms with Crippen molar-refractivity contribution in [1.29, 1.82) is 0 Å². The molecule has 1 unspecified atom stereocenters. The van der Waals surface area contributed by atoms with Crippen molar-refractivity contribution in [2.45, 2.75) is 38.6 Å². The predicted molar refractivity (Wildman–Crippen MR) is 123 cm³/mol. The largest absolute Gasteiger partial charge is 0.497 e. The van der Waals surface area contributed by atoms with Gasteiger partial charge >= 0.3 is 0 Å². The van der Waals surface area contributed by atoms with E-state index < -0.39 is 5.82 Å². The van der Waals surface area contributed by atoms with E-state index in [2.05, 4.69) is 34.2 Å². The number of anilines is 2. The Balaban J connectivity index is 1.38. The van der Waals surface area contributed by atoms with Gasteiger partial charge in [0.25, 0.3) is 5.91 Å². The molecule has 1 amide bonds. The third-order valence-corrected chi connectivity index (χ3v) is 6.22. The summed E-state index contributed by atoms with van der Waals surface area (Å²) >= 11 is 0. The Labute approximate surface area is 183 Å². The van der Waals surface area contributed by atoms with Crippen molar-refractivity contribution in [2.24, 2.45) is 0 Å². The topological polar surface area (TPSA) is 53.6 Å². The molecule has 2 aliphatic rings. The van der Waals surface area contributed by atoms with Crippen LogP contribution < -0.4 is 20.3 Å². The van der Waals surface area contributed by atoms with E-state index in [1.165, 1.54) is 23.4 Å². The van der Waals surface area contributed by atoms with Gasteiger partial charge in [-0.3, -0.25) is 4.79 Å². The number of rotatable bonds is 6. The van der Waals surface area contributed by atoms with E-state index in [0.717, 1.165) is 54.9 Å². The highest BCUT2D eigenvalue weighted by atomic mass is 19.1. The number of hydrogen-bond acceptors (Lipinski definition) is 4. The number of hydrogen-bond donors (Lipinski definition) is 2. The summed E-state index contributed by atoms with van der Waals surface area (Å²) < 4.78 is 19.5. The first-order valence-corrected chi connectivity index (χ1v) is 10.9. The summed E-state index contributed by atoms with van der Waals surface area (Å²) in [5, 5.41) is 6.27. The molecule has 2 N–H and O–H groups in total. The van der Waals surface area contributed by atoms with E-state index in [-0.39, 0.29) is 11.9 Å². The smallest absolute Gasteiger partial charge is 0.253 e. The molecular formula is C25H30FN3O2. The molecule has 0 radical (unpaired) electrons. The second-order valence-corrected chi connectivity index (χ2v) is 8.38. The zero-order valence-corrected chi connectivity index (χ0v) is 18.3. The number of aryl methyl sites for hydroxylation is 1. The number of methoxy groups -OCH3 is 1. The van der Waals surface area contributed by atoms with Gasteiger partial charge in [0.15, 0.2) is 0 Å². The third-order valence-electron chi connectivity index (χ3n) is 6.22. The van der Waals surface area contributed by atoms with Crippen LogP contribution in [0.4, 0.5) is 15.8 Å². The Hall–Kier alpha value is -3.02. The molecule has 0 aromatic heterocycles. The maximum Gasteiger partial charge on any atom is 0.253 e. The molecule has 0 fully saturated rings. The molecule has 2 heterocycles. The second kappa shape index (κ2) is 9.00. The lowest BCUT2D eigenvalue weighted by Gasteiger charge is -2.31. The highest BCUT2D eigenvalue weighted by Gasteiger charge is 2.24. The van der Waals surface area contributed by atoms with Gasteiger partial charge in [-0.25, -0.2) is 4.39 Å². The van der Waals surface area contributed by atoms with E-state index in [1.54, 1.807) is 7.11 Å². The molecule has 0 saturated carbocycles. The van der Waals surface area contributed by atoms with Crippen LogP contribution in [0.1, 0.15) is 41.3 Å². The molecule has 164 valence electrons. The van der Waals surface area contributed by atoms with Gasteiger partial charge in [0, 0.05) is 37.4 Å². The summed E-state index contributed by atoms with van der Waals surface area (Å²) in [5.74, 6) is 0.217. The fraction of sp³-hybridized carbons (Fsp3) is 0.400. The van der Waals surface area contributed by atoms with Crippen molar-refractivity contribution < 1.29 is 13.9 Å². The summed E-state index contributed by atoms with van der Waals surface area (Å²) in [7, 11) is 1.68. The van der Waals surface area contributed by atoms with Gasteiger partial charge in [0.1, 0.15) is 11.6 Å². The SMILES string of the molecule is C=C1Cc2cc(F)cc(C(=O)NCCCN3CCCc4ccc(OC)cc43)c2NC1C. The maximum absolute atomic E-state index is 14.1. The molecule has 0 spiro atoms. The molecule has 5 nitrogen and oxygen atoms in total. The normalized spacial score (nSPS) is 17.5. The van der Waals surface area contributed by atoms with E-state index in [1.807, 2.05) is 13.0 Å². The van der Waals surface area contributed by atoms with Gasteiger partial charge in [-0.1, -0.05) is 18.2 Å². The zero-order valence-electron chi connectivity index (χ0n) is 18.3. The predicted octanol–water partition coefficient (Wildman–Crippen LogP) is 4.32. The van der Waals surface area contributed by atoms with Crippen molar-refractivity contribution in [3.63, 3.8) is 0 Å². The first-order valence-electron chi connectivity index (χ1n) is 10.9. The molecule has 4 rings (SSSR count). The Bertz CT molecular complexity index is 1000. The molecule has 31 heavy (non-hydrogen) atoms. The summed E-state index contributed by atoms with van der Waals surface area (Å²) in [6.45, 7) is 8.41. The molecule has 0 bridgehead atoms. The number of benzene rings is 2. The van der Waals surface area contributed by atoms with Crippen LogP contribution in [0.2, 0.25) is 0 Å². The van der Waals surface area contributed by atoms with Gasteiger partial charge in [-0.2, -0.15) is 0 Å². The van der Waals surface area contributed by atoms with Gasteiger partial charge in [0.05, 0.1) is 18.4 Å². The maximum atomic E-state index is 14.1. The van der Waals surface area contributed by atoms with Crippen LogP contribution in [-0.4, -0.2) is 38.7 Å². The van der Waals surface area contributed by atoms with Crippen molar-refractivity contribution in [3.05, 3.63) is 65.0 Å². The van der Waals surface area contributed by atoms with Gasteiger partial charge < -0.3 is 20.3 Å². The quantitative estimate of drug-likeness (QED) is 0.537. The average molecular weight is 424 g/mol. The van der Waals surface area contributed by atoms with Crippen LogP contribution >= 0.6 is 0 Å². The Morgan fingerprint density at radius 3 is 2.97 bits per heavy atom. The first kappa shape index (κ1) is 21.2. The van der Waals surface area contributed by atoms with Crippen LogP contribution in [0.3, 0.4) is 0 Å². The lowest BCUT2D eigenvalue weighted by atomic mass is 9.92. The van der Waals surface area contributed by atoms with Crippen molar-refractivity contribution >= 4 is 17.3 Å². The van der Waals surface area contributed by atoms with E-state index in [0.29, 0.717) is 18.5 Å². The van der Waals surface area contributed by atoms with Crippen LogP contribution in [-0.2, 0) is 12.8 Å². The molecule has 1 atom stereocenters. The molecule has 2 aromatic carbocycles. The third kappa shape index (κ3) is 4.53. The number of fused-ring (bicyclic) bond motifs is 2. The van der Waals surface area contributed by atoms with Crippen LogP contribution in [0.15, 0.2) is 42.5 Å². The molecule has 2 aromatic rings. The summed E-state index contributed by atoms with van der Waals surface area (Å²) in [6, 6.07) is 9.09. The number of ether oxygens (including phenoxy) is 1. The van der Waals surface area contributed by atoms with E-state index in [4.69, 9.17) is 4.74 Å². The lowest BCUT2D eigenvalue weighted by molar-refractivity contribution is 0.0953. The fourth-order valence-corrected chi connectivity index (χ4v) is 4.43. The zero-order chi connectivity index (χ0) is 22.0. The van der Waals surface area contributed by atoms with Crippen LogP contribution in [0.25, 0.3) is 0 Å². The minimum atomic E-state index is -0.396. The minimum absolute atomic E-state index is 0.0562. The Morgan fingerprint density at radius 1 is 1.32 bits per heavy atom.